The van der Waals surface area contributed by atoms with Crippen molar-refractivity contribution < 1.29 is 19.1 Å². The Morgan fingerprint density at radius 2 is 1.93 bits per heavy atom. The summed E-state index contributed by atoms with van der Waals surface area (Å²) in [6.07, 6.45) is 2.05. The number of nitrogens with two attached hydrogens (primary N) is 1. The topological polar surface area (TPSA) is 123 Å². The maximum atomic E-state index is 12.3. The van der Waals surface area contributed by atoms with Gasteiger partial charge in [0.25, 0.3) is 11.8 Å². The number of nitrogens with one attached hydrogen (secondary N) is 3. The summed E-state index contributed by atoms with van der Waals surface area (Å²) < 4.78 is 5.50. The summed E-state index contributed by atoms with van der Waals surface area (Å²) in [4.78, 5) is 36.0. The second-order valence-electron chi connectivity index (χ2n) is 6.74. The maximum Gasteiger partial charge on any atom is 0.251 e. The first kappa shape index (κ1) is 20.3. The fourth-order valence-electron chi connectivity index (χ4n) is 3.07. The van der Waals surface area contributed by atoms with E-state index in [2.05, 4.69) is 16.0 Å². The van der Waals surface area contributed by atoms with E-state index in [-0.39, 0.29) is 30.0 Å². The van der Waals surface area contributed by atoms with Crippen LogP contribution in [0.15, 0.2) is 48.5 Å². The van der Waals surface area contributed by atoms with Gasteiger partial charge in [0.1, 0.15) is 0 Å². The largest absolute Gasteiger partial charge is 0.376 e. The monoisotopic (exact) mass is 396 g/mol. The Hall–Kier alpha value is -3.39. The molecule has 3 amide bonds. The predicted octanol–water partition coefficient (Wildman–Crippen LogP) is 1.74. The highest BCUT2D eigenvalue weighted by atomic mass is 16.5. The first-order valence-corrected chi connectivity index (χ1v) is 9.45. The third-order valence-corrected chi connectivity index (χ3v) is 4.56. The Kier molecular flexibility index (Phi) is 6.80. The molecule has 3 rings (SSSR count). The van der Waals surface area contributed by atoms with E-state index in [9.17, 15) is 14.4 Å². The van der Waals surface area contributed by atoms with Crippen LogP contribution in [0.3, 0.4) is 0 Å². The Morgan fingerprint density at radius 1 is 1.10 bits per heavy atom. The van der Waals surface area contributed by atoms with Gasteiger partial charge in [-0.05, 0) is 43.2 Å². The normalized spacial score (nSPS) is 15.5. The van der Waals surface area contributed by atoms with Gasteiger partial charge in [-0.25, -0.2) is 0 Å². The molecule has 1 aliphatic heterocycles. The summed E-state index contributed by atoms with van der Waals surface area (Å²) >= 11 is 0. The van der Waals surface area contributed by atoms with Crippen LogP contribution in [0.25, 0.3) is 0 Å². The van der Waals surface area contributed by atoms with Gasteiger partial charge < -0.3 is 26.4 Å². The van der Waals surface area contributed by atoms with Crippen molar-refractivity contribution in [1.29, 1.82) is 0 Å². The Labute approximate surface area is 168 Å². The van der Waals surface area contributed by atoms with Crippen LogP contribution < -0.4 is 21.7 Å². The molecule has 1 atom stereocenters. The summed E-state index contributed by atoms with van der Waals surface area (Å²) in [5.41, 5.74) is 7.04. The van der Waals surface area contributed by atoms with Crippen molar-refractivity contribution in [1.82, 2.24) is 5.32 Å². The predicted molar refractivity (Wildman–Crippen MR) is 110 cm³/mol. The van der Waals surface area contributed by atoms with E-state index in [4.69, 9.17) is 10.5 Å². The van der Waals surface area contributed by atoms with Crippen molar-refractivity contribution in [2.75, 3.05) is 30.3 Å². The minimum Gasteiger partial charge on any atom is -0.376 e. The molecule has 0 aliphatic carbocycles. The van der Waals surface area contributed by atoms with Gasteiger partial charge >= 0.3 is 0 Å². The highest BCUT2D eigenvalue weighted by Gasteiger charge is 2.17. The van der Waals surface area contributed by atoms with E-state index in [1.165, 1.54) is 0 Å². The number of hydrogen-bond acceptors (Lipinski definition) is 5. The second-order valence-corrected chi connectivity index (χ2v) is 6.74. The zero-order valence-corrected chi connectivity index (χ0v) is 15.9. The lowest BCUT2D eigenvalue weighted by Crippen LogP contribution is -2.31. The van der Waals surface area contributed by atoms with Crippen LogP contribution in [-0.2, 0) is 9.53 Å². The van der Waals surface area contributed by atoms with Crippen LogP contribution in [-0.4, -0.2) is 43.5 Å². The molecular weight excluding hydrogens is 372 g/mol. The lowest BCUT2D eigenvalue weighted by molar-refractivity contribution is -0.114. The quantitative estimate of drug-likeness (QED) is 0.541. The van der Waals surface area contributed by atoms with Gasteiger partial charge in [0, 0.05) is 24.4 Å². The number of para-hydroxylation sites is 1. The molecule has 2 aromatic rings. The molecule has 2 aromatic carbocycles. The van der Waals surface area contributed by atoms with Gasteiger partial charge in [-0.1, -0.05) is 18.2 Å². The molecule has 1 aliphatic rings. The number of hydrogen-bond donors (Lipinski definition) is 4. The molecule has 8 nitrogen and oxygen atoms in total. The Bertz CT molecular complexity index is 894. The zero-order chi connectivity index (χ0) is 20.6. The van der Waals surface area contributed by atoms with Gasteiger partial charge in [0.05, 0.1) is 23.9 Å². The van der Waals surface area contributed by atoms with Gasteiger partial charge in [-0.3, -0.25) is 14.4 Å². The molecule has 1 unspecified atom stereocenters. The summed E-state index contributed by atoms with van der Waals surface area (Å²) in [5.74, 6) is -1.15. The third-order valence-electron chi connectivity index (χ3n) is 4.56. The minimum absolute atomic E-state index is 0.0336. The molecule has 1 saturated heterocycles. The molecule has 8 heteroatoms. The van der Waals surface area contributed by atoms with E-state index < -0.39 is 5.91 Å². The highest BCUT2D eigenvalue weighted by molar-refractivity contribution is 6.03. The Morgan fingerprint density at radius 3 is 2.69 bits per heavy atom. The van der Waals surface area contributed by atoms with Gasteiger partial charge in [0.15, 0.2) is 0 Å². The average molecular weight is 396 g/mol. The smallest absolute Gasteiger partial charge is 0.251 e. The second kappa shape index (κ2) is 9.70. The van der Waals surface area contributed by atoms with E-state index in [1.807, 2.05) is 0 Å². The van der Waals surface area contributed by atoms with Crippen LogP contribution >= 0.6 is 0 Å². The standard InChI is InChI=1S/C21H24N4O4/c22-20(27)17-8-1-2-9-18(17)25-19(26)13-23-15-6-3-5-14(11-15)21(28)24-12-16-7-4-10-29-16/h1-3,5-6,8-9,11,16,23H,4,7,10,12-13H2,(H2,22,27)(H,24,28)(H,25,26). The summed E-state index contributed by atoms with van der Waals surface area (Å²) in [6, 6.07) is 13.4. The van der Waals surface area contributed by atoms with Crippen LogP contribution in [0.1, 0.15) is 33.6 Å². The third kappa shape index (κ3) is 5.79. The molecule has 1 fully saturated rings. The molecule has 1 heterocycles. The number of amides is 3. The first-order valence-electron chi connectivity index (χ1n) is 9.45. The van der Waals surface area contributed by atoms with Crippen molar-refractivity contribution >= 4 is 29.1 Å². The van der Waals surface area contributed by atoms with E-state index in [0.29, 0.717) is 23.5 Å². The molecule has 5 N–H and O–H groups in total. The van der Waals surface area contributed by atoms with Crippen LogP contribution in [0, 0.1) is 0 Å². The highest BCUT2D eigenvalue weighted by Crippen LogP contribution is 2.15. The van der Waals surface area contributed by atoms with Crippen molar-refractivity contribution in [2.45, 2.75) is 18.9 Å². The van der Waals surface area contributed by atoms with Gasteiger partial charge in [0.2, 0.25) is 5.91 Å². The number of carbonyl (C=O) groups excluding carboxylic acids is 3. The summed E-state index contributed by atoms with van der Waals surface area (Å²) in [5, 5.41) is 8.50. The Balaban J connectivity index is 1.53. The number of benzene rings is 2. The van der Waals surface area contributed by atoms with Crippen molar-refractivity contribution in [2.24, 2.45) is 5.73 Å². The van der Waals surface area contributed by atoms with Gasteiger partial charge in [-0.2, -0.15) is 0 Å². The molecule has 0 saturated carbocycles. The molecule has 0 spiro atoms. The van der Waals surface area contributed by atoms with E-state index in [0.717, 1.165) is 19.4 Å². The number of rotatable bonds is 8. The molecule has 0 radical (unpaired) electrons. The lowest BCUT2D eigenvalue weighted by atomic mass is 10.1. The molecule has 29 heavy (non-hydrogen) atoms. The zero-order valence-electron chi connectivity index (χ0n) is 15.9. The maximum absolute atomic E-state index is 12.3. The SMILES string of the molecule is NC(=O)c1ccccc1NC(=O)CNc1cccc(C(=O)NCC2CCCO2)c1. The molecule has 0 bridgehead atoms. The fourth-order valence-corrected chi connectivity index (χ4v) is 3.07. The summed E-state index contributed by atoms with van der Waals surface area (Å²) in [6.45, 7) is 1.19. The van der Waals surface area contributed by atoms with Crippen molar-refractivity contribution in [3.05, 3.63) is 59.7 Å². The number of anilines is 2. The van der Waals surface area contributed by atoms with Crippen molar-refractivity contribution in [3.63, 3.8) is 0 Å². The van der Waals surface area contributed by atoms with E-state index >= 15 is 0 Å². The molecule has 0 aromatic heterocycles. The first-order chi connectivity index (χ1) is 14.0. The fraction of sp³-hybridized carbons (Fsp3) is 0.286. The number of primary amides is 1. The van der Waals surface area contributed by atoms with Gasteiger partial charge in [-0.15, -0.1) is 0 Å². The minimum atomic E-state index is -0.615. The van der Waals surface area contributed by atoms with Crippen LogP contribution in [0.2, 0.25) is 0 Å². The molecular formula is C21H24N4O4. The van der Waals surface area contributed by atoms with Crippen LogP contribution in [0.5, 0.6) is 0 Å². The number of ether oxygens (including phenoxy) is 1. The van der Waals surface area contributed by atoms with Crippen molar-refractivity contribution in [3.8, 4) is 0 Å². The lowest BCUT2D eigenvalue weighted by Gasteiger charge is -2.12. The molecule has 152 valence electrons. The number of carbonyl (C=O) groups is 3. The van der Waals surface area contributed by atoms with Crippen LogP contribution in [0.4, 0.5) is 11.4 Å². The van der Waals surface area contributed by atoms with E-state index in [1.54, 1.807) is 48.5 Å². The summed E-state index contributed by atoms with van der Waals surface area (Å²) in [7, 11) is 0. The average Bonchev–Trinajstić information content (AvgIpc) is 3.24.